The van der Waals surface area contributed by atoms with Crippen molar-refractivity contribution in [2.45, 2.75) is 6.92 Å². The second-order valence-electron chi connectivity index (χ2n) is 5.05. The number of rotatable bonds is 5. The summed E-state index contributed by atoms with van der Waals surface area (Å²) in [5, 5.41) is 21.7. The summed E-state index contributed by atoms with van der Waals surface area (Å²) >= 11 is 8.65. The van der Waals surface area contributed by atoms with E-state index in [1.54, 1.807) is 12.1 Å². The number of hydrogen-bond acceptors (Lipinski definition) is 5. The van der Waals surface area contributed by atoms with E-state index in [0.717, 1.165) is 10.0 Å². The Bertz CT molecular complexity index is 967. The van der Waals surface area contributed by atoms with E-state index >= 15 is 0 Å². The number of nitrogens with zero attached hydrogens (tertiary/aromatic N) is 3. The molecule has 0 spiro atoms. The molecule has 8 heteroatoms. The van der Waals surface area contributed by atoms with Gasteiger partial charge in [0.25, 0.3) is 0 Å². The summed E-state index contributed by atoms with van der Waals surface area (Å²) in [5.74, 6) is 0.990. The van der Waals surface area contributed by atoms with Crippen molar-refractivity contribution < 1.29 is 9.84 Å². The Hall–Kier alpha value is -2.45. The van der Waals surface area contributed by atoms with Crippen molar-refractivity contribution in [2.24, 2.45) is 5.10 Å². The minimum atomic E-state index is 0.0186. The fourth-order valence-electron chi connectivity index (χ4n) is 2.25. The van der Waals surface area contributed by atoms with Crippen molar-refractivity contribution >= 4 is 34.4 Å². The van der Waals surface area contributed by atoms with Crippen LogP contribution in [0.4, 0.5) is 0 Å². The Morgan fingerprint density at radius 2 is 2.12 bits per heavy atom. The fraction of sp³-hybridized carbons (Fsp3) is 0.118. The third kappa shape index (κ3) is 3.80. The fourth-order valence-corrected chi connectivity index (χ4v) is 2.88. The quantitative estimate of drug-likeness (QED) is 0.476. The van der Waals surface area contributed by atoms with Crippen LogP contribution in [0.5, 0.6) is 11.5 Å². The van der Waals surface area contributed by atoms with Crippen molar-refractivity contribution in [3.05, 3.63) is 57.3 Å². The molecule has 0 saturated heterocycles. The summed E-state index contributed by atoms with van der Waals surface area (Å²) in [6, 6.07) is 13.0. The summed E-state index contributed by atoms with van der Waals surface area (Å²) in [5.41, 5.74) is 1.38. The zero-order chi connectivity index (χ0) is 17.8. The van der Waals surface area contributed by atoms with Crippen LogP contribution in [-0.4, -0.2) is 32.8 Å². The average Bonchev–Trinajstić information content (AvgIpc) is 2.98. The normalized spacial score (nSPS) is 11.1. The smallest absolute Gasteiger partial charge is 0.216 e. The van der Waals surface area contributed by atoms with Crippen LogP contribution in [0.15, 0.2) is 52.0 Å². The highest BCUT2D eigenvalue weighted by Crippen LogP contribution is 2.33. The maximum absolute atomic E-state index is 10.3. The number of ether oxygens (including phenoxy) is 1. The Kier molecular flexibility index (Phi) is 5.30. The average molecular weight is 419 g/mol. The van der Waals surface area contributed by atoms with E-state index in [-0.39, 0.29) is 5.75 Å². The van der Waals surface area contributed by atoms with Crippen LogP contribution in [-0.2, 0) is 0 Å². The van der Waals surface area contributed by atoms with E-state index in [1.807, 2.05) is 37.3 Å². The molecule has 0 saturated carbocycles. The zero-order valence-corrected chi connectivity index (χ0v) is 15.7. The number of phenolic OH excluding ortho intramolecular Hbond substituents is 1. The first kappa shape index (κ1) is 17.4. The molecule has 0 amide bonds. The van der Waals surface area contributed by atoms with E-state index < -0.39 is 0 Å². The van der Waals surface area contributed by atoms with Crippen LogP contribution in [0.25, 0.3) is 11.4 Å². The van der Waals surface area contributed by atoms with E-state index in [0.29, 0.717) is 28.5 Å². The second kappa shape index (κ2) is 7.62. The summed E-state index contributed by atoms with van der Waals surface area (Å²) < 4.78 is 8.06. The topological polar surface area (TPSA) is 75.4 Å². The van der Waals surface area contributed by atoms with Gasteiger partial charge in [-0.2, -0.15) is 14.9 Å². The summed E-state index contributed by atoms with van der Waals surface area (Å²) in [4.78, 5) is 0. The molecule has 1 heterocycles. The van der Waals surface area contributed by atoms with Crippen LogP contribution >= 0.6 is 28.1 Å². The van der Waals surface area contributed by atoms with Gasteiger partial charge in [-0.1, -0.05) is 46.3 Å². The molecule has 0 atom stereocenters. The van der Waals surface area contributed by atoms with Crippen molar-refractivity contribution in [1.82, 2.24) is 14.9 Å². The van der Waals surface area contributed by atoms with Gasteiger partial charge in [0, 0.05) is 15.6 Å². The van der Waals surface area contributed by atoms with Gasteiger partial charge in [-0.25, -0.2) is 5.10 Å². The van der Waals surface area contributed by atoms with Gasteiger partial charge in [-0.05, 0) is 31.3 Å². The highest BCUT2D eigenvalue weighted by atomic mass is 79.9. The molecule has 128 valence electrons. The molecule has 0 fully saturated rings. The van der Waals surface area contributed by atoms with Crippen molar-refractivity contribution in [3.8, 4) is 22.9 Å². The van der Waals surface area contributed by atoms with Crippen LogP contribution in [0, 0.1) is 4.77 Å². The Morgan fingerprint density at radius 3 is 2.84 bits per heavy atom. The monoisotopic (exact) mass is 418 g/mol. The molecule has 0 radical (unpaired) electrons. The molecule has 2 N–H and O–H groups in total. The zero-order valence-electron chi connectivity index (χ0n) is 13.3. The lowest BCUT2D eigenvalue weighted by molar-refractivity contribution is 0.317. The Morgan fingerprint density at radius 1 is 1.36 bits per heavy atom. The number of nitrogens with one attached hydrogen (secondary N) is 1. The van der Waals surface area contributed by atoms with Crippen LogP contribution in [0.3, 0.4) is 0 Å². The summed E-state index contributed by atoms with van der Waals surface area (Å²) in [7, 11) is 0. The van der Waals surface area contributed by atoms with Gasteiger partial charge >= 0.3 is 0 Å². The molecule has 0 unspecified atom stereocenters. The second-order valence-corrected chi connectivity index (χ2v) is 6.35. The van der Waals surface area contributed by atoms with Crippen LogP contribution in [0.2, 0.25) is 0 Å². The molecule has 0 aliphatic carbocycles. The van der Waals surface area contributed by atoms with Gasteiger partial charge in [-0.15, -0.1) is 0 Å². The van der Waals surface area contributed by atoms with Crippen LogP contribution < -0.4 is 4.74 Å². The molecule has 3 rings (SSSR count). The molecule has 2 aromatic carbocycles. The standard InChI is InChI=1S/C17H15BrN4O2S/c1-2-24-14-9-13(18)8-12(15(14)23)10-19-22-16(20-21-17(22)25)11-6-4-3-5-7-11/h3-10,23H,2H2,1H3,(H,21,25)/b19-10-. The first-order valence-electron chi connectivity index (χ1n) is 7.52. The number of H-pyrrole nitrogens is 1. The van der Waals surface area contributed by atoms with E-state index in [1.165, 1.54) is 10.9 Å². The molecule has 0 aliphatic rings. The predicted octanol–water partition coefficient (Wildman–Crippen LogP) is 4.36. The number of benzene rings is 2. The molecular formula is C17H15BrN4O2S. The number of hydrogen-bond donors (Lipinski definition) is 2. The van der Waals surface area contributed by atoms with E-state index in [4.69, 9.17) is 17.0 Å². The number of aromatic hydroxyl groups is 1. The van der Waals surface area contributed by atoms with E-state index in [2.05, 4.69) is 31.2 Å². The minimum Gasteiger partial charge on any atom is -0.504 e. The lowest BCUT2D eigenvalue weighted by atomic mass is 10.2. The lowest BCUT2D eigenvalue weighted by Crippen LogP contribution is -1.97. The van der Waals surface area contributed by atoms with Gasteiger partial charge in [0.05, 0.1) is 12.8 Å². The van der Waals surface area contributed by atoms with Crippen molar-refractivity contribution in [2.75, 3.05) is 6.61 Å². The molecule has 0 bridgehead atoms. The van der Waals surface area contributed by atoms with Gasteiger partial charge in [0.15, 0.2) is 17.3 Å². The third-order valence-electron chi connectivity index (χ3n) is 3.36. The number of aromatic amines is 1. The van der Waals surface area contributed by atoms with Crippen molar-refractivity contribution in [3.63, 3.8) is 0 Å². The minimum absolute atomic E-state index is 0.0186. The first-order chi connectivity index (χ1) is 12.1. The lowest BCUT2D eigenvalue weighted by Gasteiger charge is -2.08. The number of phenols is 1. The molecular weight excluding hydrogens is 404 g/mol. The van der Waals surface area contributed by atoms with Gasteiger partial charge in [0.2, 0.25) is 4.77 Å². The van der Waals surface area contributed by atoms with Gasteiger partial charge < -0.3 is 9.84 Å². The first-order valence-corrected chi connectivity index (χ1v) is 8.72. The molecule has 3 aromatic rings. The summed E-state index contributed by atoms with van der Waals surface area (Å²) in [6.45, 7) is 2.30. The van der Waals surface area contributed by atoms with Crippen LogP contribution in [0.1, 0.15) is 12.5 Å². The predicted molar refractivity (Wildman–Crippen MR) is 103 cm³/mol. The van der Waals surface area contributed by atoms with E-state index in [9.17, 15) is 5.11 Å². The maximum Gasteiger partial charge on any atom is 0.216 e. The molecule has 25 heavy (non-hydrogen) atoms. The Balaban J connectivity index is 2.02. The molecule has 0 aliphatic heterocycles. The van der Waals surface area contributed by atoms with Crippen molar-refractivity contribution in [1.29, 1.82) is 0 Å². The Labute approximate surface area is 157 Å². The SMILES string of the molecule is CCOc1cc(Br)cc(/C=N\n2c(-c3ccccc3)n[nH]c2=S)c1O. The van der Waals surface area contributed by atoms with Gasteiger partial charge in [0.1, 0.15) is 0 Å². The third-order valence-corrected chi connectivity index (χ3v) is 4.09. The largest absolute Gasteiger partial charge is 0.504 e. The number of halogens is 1. The van der Waals surface area contributed by atoms with Gasteiger partial charge in [-0.3, -0.25) is 0 Å². The highest BCUT2D eigenvalue weighted by molar-refractivity contribution is 9.10. The molecule has 1 aromatic heterocycles. The molecule has 6 nitrogen and oxygen atoms in total. The maximum atomic E-state index is 10.3. The number of aromatic nitrogens is 3. The summed E-state index contributed by atoms with van der Waals surface area (Å²) in [6.07, 6.45) is 1.51. The highest BCUT2D eigenvalue weighted by Gasteiger charge is 2.11.